The molecule has 0 spiro atoms. The molecular formula is C13H18N2O3. The fourth-order valence-electron chi connectivity index (χ4n) is 1.78. The van der Waals surface area contributed by atoms with Crippen LogP contribution in [0.25, 0.3) is 0 Å². The molecule has 2 rings (SSSR count). The highest BCUT2D eigenvalue weighted by molar-refractivity contribution is 5.97. The Morgan fingerprint density at radius 2 is 2.22 bits per heavy atom. The second kappa shape index (κ2) is 4.49. The van der Waals surface area contributed by atoms with Gasteiger partial charge in [0.05, 0.1) is 17.8 Å². The lowest BCUT2D eigenvalue weighted by Crippen LogP contribution is -2.36. The molecule has 1 aliphatic rings. The Morgan fingerprint density at radius 1 is 1.50 bits per heavy atom. The lowest BCUT2D eigenvalue weighted by Gasteiger charge is -2.29. The maximum absolute atomic E-state index is 11.6. The average Bonchev–Trinajstić information content (AvgIpc) is 2.34. The summed E-state index contributed by atoms with van der Waals surface area (Å²) in [5.41, 5.74) is 1.18. The van der Waals surface area contributed by atoms with Gasteiger partial charge in [0.25, 0.3) is 5.91 Å². The van der Waals surface area contributed by atoms with Gasteiger partial charge in [0.2, 0.25) is 0 Å². The van der Waals surface area contributed by atoms with Crippen LogP contribution in [-0.4, -0.2) is 36.8 Å². The molecule has 0 radical (unpaired) electrons. The van der Waals surface area contributed by atoms with Crippen LogP contribution >= 0.6 is 0 Å². The molecule has 18 heavy (non-hydrogen) atoms. The van der Waals surface area contributed by atoms with Gasteiger partial charge in [-0.3, -0.25) is 4.79 Å². The van der Waals surface area contributed by atoms with Crippen LogP contribution in [0.2, 0.25) is 0 Å². The monoisotopic (exact) mass is 250 g/mol. The summed E-state index contributed by atoms with van der Waals surface area (Å²) in [6.45, 7) is 3.91. The Labute approximate surface area is 106 Å². The molecule has 0 saturated heterocycles. The van der Waals surface area contributed by atoms with E-state index in [1.807, 2.05) is 32.0 Å². The third kappa shape index (κ3) is 2.41. The number of aliphatic hydroxyl groups excluding tert-OH is 1. The van der Waals surface area contributed by atoms with Gasteiger partial charge in [0.15, 0.2) is 6.61 Å². The maximum atomic E-state index is 11.6. The highest BCUT2D eigenvalue weighted by Gasteiger charge is 2.23. The van der Waals surface area contributed by atoms with Gasteiger partial charge in [0.1, 0.15) is 5.75 Å². The van der Waals surface area contributed by atoms with E-state index in [1.54, 1.807) is 11.9 Å². The number of carbonyl (C=O) groups is 1. The molecule has 0 bridgehead atoms. The summed E-state index contributed by atoms with van der Waals surface area (Å²) in [5, 5.41) is 12.4. The van der Waals surface area contributed by atoms with Gasteiger partial charge >= 0.3 is 0 Å². The van der Waals surface area contributed by atoms with Crippen molar-refractivity contribution in [3.63, 3.8) is 0 Å². The van der Waals surface area contributed by atoms with Gasteiger partial charge in [-0.05, 0) is 32.0 Å². The first-order valence-corrected chi connectivity index (χ1v) is 5.85. The topological polar surface area (TPSA) is 61.8 Å². The molecule has 0 aliphatic carbocycles. The summed E-state index contributed by atoms with van der Waals surface area (Å²) in [6.07, 6.45) is 0. The zero-order valence-corrected chi connectivity index (χ0v) is 10.9. The molecule has 5 heteroatoms. The van der Waals surface area contributed by atoms with Crippen LogP contribution in [0.3, 0.4) is 0 Å². The lowest BCUT2D eigenvalue weighted by atomic mass is 10.1. The summed E-state index contributed by atoms with van der Waals surface area (Å²) >= 11 is 0. The number of anilines is 2. The molecule has 0 saturated carbocycles. The highest BCUT2D eigenvalue weighted by Crippen LogP contribution is 2.34. The molecule has 0 unspecified atom stereocenters. The number of amides is 1. The number of nitrogens with zero attached hydrogens (tertiary/aromatic N) is 1. The molecule has 0 fully saturated rings. The van der Waals surface area contributed by atoms with E-state index in [-0.39, 0.29) is 19.1 Å². The van der Waals surface area contributed by atoms with Crippen molar-refractivity contribution >= 4 is 17.3 Å². The molecular weight excluding hydrogens is 232 g/mol. The first kappa shape index (κ1) is 12.7. The molecule has 1 aliphatic heterocycles. The average molecular weight is 250 g/mol. The van der Waals surface area contributed by atoms with Gasteiger partial charge in [0, 0.05) is 12.7 Å². The Morgan fingerprint density at radius 3 is 2.89 bits per heavy atom. The largest absolute Gasteiger partial charge is 0.482 e. The van der Waals surface area contributed by atoms with Crippen molar-refractivity contribution in [1.29, 1.82) is 0 Å². The summed E-state index contributed by atoms with van der Waals surface area (Å²) < 4.78 is 5.35. The van der Waals surface area contributed by atoms with Crippen molar-refractivity contribution < 1.29 is 14.6 Å². The molecule has 1 heterocycles. The maximum Gasteiger partial charge on any atom is 0.264 e. The summed E-state index contributed by atoms with van der Waals surface area (Å²) in [5.74, 6) is 0.630. The fraction of sp³-hybridized carbons (Fsp3) is 0.462. The minimum absolute atomic E-state index is 0.0232. The minimum atomic E-state index is -0.410. The van der Waals surface area contributed by atoms with Crippen LogP contribution in [0.5, 0.6) is 5.75 Å². The van der Waals surface area contributed by atoms with Gasteiger partial charge < -0.3 is 20.1 Å². The second-order valence-electron chi connectivity index (χ2n) is 5.09. The number of likely N-dealkylation sites (N-methyl/N-ethyl adjacent to an activating group) is 1. The Bertz CT molecular complexity index is 471. The van der Waals surface area contributed by atoms with Crippen molar-refractivity contribution in [3.05, 3.63) is 18.2 Å². The van der Waals surface area contributed by atoms with Crippen molar-refractivity contribution in [1.82, 2.24) is 0 Å². The van der Waals surface area contributed by atoms with E-state index < -0.39 is 5.54 Å². The van der Waals surface area contributed by atoms with Crippen LogP contribution in [0, 0.1) is 0 Å². The number of aliphatic hydroxyl groups is 1. The Kier molecular flexibility index (Phi) is 3.17. The zero-order valence-electron chi connectivity index (χ0n) is 10.9. The highest BCUT2D eigenvalue weighted by atomic mass is 16.5. The van der Waals surface area contributed by atoms with Crippen molar-refractivity contribution in [2.75, 3.05) is 30.5 Å². The van der Waals surface area contributed by atoms with E-state index in [4.69, 9.17) is 4.74 Å². The number of fused-ring (bicyclic) bond motifs is 1. The number of rotatable bonds is 3. The van der Waals surface area contributed by atoms with Crippen LogP contribution in [0.4, 0.5) is 11.4 Å². The first-order chi connectivity index (χ1) is 8.43. The van der Waals surface area contributed by atoms with Gasteiger partial charge in [-0.1, -0.05) is 0 Å². The van der Waals surface area contributed by atoms with Crippen molar-refractivity contribution in [2.45, 2.75) is 19.4 Å². The molecule has 0 atom stereocenters. The number of benzene rings is 1. The SMILES string of the molecule is CN1C(=O)COc2ccc(NC(C)(C)CO)cc21. The first-order valence-electron chi connectivity index (χ1n) is 5.85. The quantitative estimate of drug-likeness (QED) is 0.847. The van der Waals surface area contributed by atoms with Gasteiger partial charge in [-0.2, -0.15) is 0 Å². The van der Waals surface area contributed by atoms with E-state index in [9.17, 15) is 9.90 Å². The van der Waals surface area contributed by atoms with Gasteiger partial charge in [-0.25, -0.2) is 0 Å². The Hall–Kier alpha value is -1.75. The van der Waals surface area contributed by atoms with Crippen LogP contribution < -0.4 is 15.0 Å². The van der Waals surface area contributed by atoms with E-state index >= 15 is 0 Å². The Balaban J connectivity index is 2.29. The number of hydrogen-bond acceptors (Lipinski definition) is 4. The molecule has 1 aromatic rings. The van der Waals surface area contributed by atoms with Crippen LogP contribution in [0.1, 0.15) is 13.8 Å². The summed E-state index contributed by atoms with van der Waals surface area (Å²) in [7, 11) is 1.73. The lowest BCUT2D eigenvalue weighted by molar-refractivity contribution is -0.120. The molecule has 0 aromatic heterocycles. The molecule has 1 aromatic carbocycles. The predicted octanol–water partition coefficient (Wildman–Crippen LogP) is 1.22. The van der Waals surface area contributed by atoms with Crippen LogP contribution in [-0.2, 0) is 4.79 Å². The van der Waals surface area contributed by atoms with Gasteiger partial charge in [-0.15, -0.1) is 0 Å². The van der Waals surface area contributed by atoms with E-state index in [2.05, 4.69) is 5.32 Å². The fourth-order valence-corrected chi connectivity index (χ4v) is 1.78. The predicted molar refractivity (Wildman–Crippen MR) is 70.1 cm³/mol. The smallest absolute Gasteiger partial charge is 0.264 e. The van der Waals surface area contributed by atoms with Crippen molar-refractivity contribution in [3.8, 4) is 5.75 Å². The minimum Gasteiger partial charge on any atom is -0.482 e. The summed E-state index contributed by atoms with van der Waals surface area (Å²) in [6, 6.07) is 5.55. The molecule has 1 amide bonds. The number of nitrogens with one attached hydrogen (secondary N) is 1. The summed E-state index contributed by atoms with van der Waals surface area (Å²) in [4.78, 5) is 13.1. The van der Waals surface area contributed by atoms with Crippen LogP contribution in [0.15, 0.2) is 18.2 Å². The second-order valence-corrected chi connectivity index (χ2v) is 5.09. The number of hydrogen-bond donors (Lipinski definition) is 2. The standard InChI is InChI=1S/C13H18N2O3/c1-13(2,8-16)14-9-4-5-11-10(6-9)15(3)12(17)7-18-11/h4-6,14,16H,7-8H2,1-3H3. The van der Waals surface area contributed by atoms with Crippen molar-refractivity contribution in [2.24, 2.45) is 0 Å². The third-order valence-electron chi connectivity index (χ3n) is 2.92. The number of carbonyl (C=O) groups excluding carboxylic acids is 1. The number of ether oxygens (including phenoxy) is 1. The normalized spacial score (nSPS) is 15.1. The zero-order chi connectivity index (χ0) is 13.3. The molecule has 98 valence electrons. The molecule has 2 N–H and O–H groups in total. The van der Waals surface area contributed by atoms with E-state index in [0.717, 1.165) is 11.4 Å². The van der Waals surface area contributed by atoms with E-state index in [0.29, 0.717) is 5.75 Å². The molecule has 5 nitrogen and oxygen atoms in total. The van der Waals surface area contributed by atoms with E-state index in [1.165, 1.54) is 0 Å². The third-order valence-corrected chi connectivity index (χ3v) is 2.92.